The minimum absolute atomic E-state index is 0.0579. The van der Waals surface area contributed by atoms with Crippen LogP contribution < -0.4 is 5.73 Å². The molecule has 0 aliphatic carbocycles. The molecule has 23 heavy (non-hydrogen) atoms. The highest BCUT2D eigenvalue weighted by molar-refractivity contribution is 9.10. The maximum absolute atomic E-state index is 12.1. The van der Waals surface area contributed by atoms with Crippen molar-refractivity contribution in [3.8, 4) is 11.3 Å². The van der Waals surface area contributed by atoms with Gasteiger partial charge in [0.15, 0.2) is 12.4 Å². The van der Waals surface area contributed by atoms with Gasteiger partial charge in [-0.1, -0.05) is 46.3 Å². The van der Waals surface area contributed by atoms with Crippen LogP contribution in [0, 0.1) is 0 Å². The summed E-state index contributed by atoms with van der Waals surface area (Å²) in [6, 6.07) is 14.6. The molecular weight excluding hydrogens is 360 g/mol. The van der Waals surface area contributed by atoms with Crippen LogP contribution in [0.15, 0.2) is 63.6 Å². The zero-order valence-corrected chi connectivity index (χ0v) is 13.6. The van der Waals surface area contributed by atoms with Crippen LogP contribution >= 0.6 is 15.9 Å². The molecule has 0 bridgehead atoms. The third-order valence-electron chi connectivity index (χ3n) is 3.17. The molecule has 0 unspecified atom stereocenters. The number of halogens is 1. The first-order valence-corrected chi connectivity index (χ1v) is 7.65. The number of carbonyl (C=O) groups excluding carboxylic acids is 1. The number of nitrogens with two attached hydrogens (primary N) is 1. The van der Waals surface area contributed by atoms with E-state index in [1.807, 2.05) is 30.3 Å². The third-order valence-corrected chi connectivity index (χ3v) is 3.67. The molecule has 0 radical (unpaired) electrons. The van der Waals surface area contributed by atoms with Crippen LogP contribution in [-0.4, -0.2) is 11.0 Å². The largest absolute Gasteiger partial charge is 0.452 e. The minimum atomic E-state index is -0.525. The number of aromatic nitrogens is 1. The molecule has 3 aromatic rings. The number of hydrogen-bond donors (Lipinski definition) is 1. The van der Waals surface area contributed by atoms with Crippen molar-refractivity contribution >= 4 is 27.6 Å². The monoisotopic (exact) mass is 372 g/mol. The lowest BCUT2D eigenvalue weighted by Crippen LogP contribution is -2.08. The number of nitrogens with zero attached hydrogens (tertiary/aromatic N) is 1. The normalized spacial score (nSPS) is 10.5. The highest BCUT2D eigenvalue weighted by Gasteiger charge is 2.14. The summed E-state index contributed by atoms with van der Waals surface area (Å²) in [6.45, 7) is -0.0579. The van der Waals surface area contributed by atoms with Crippen LogP contribution in [-0.2, 0) is 11.3 Å². The summed E-state index contributed by atoms with van der Waals surface area (Å²) >= 11 is 3.30. The van der Waals surface area contributed by atoms with Crippen LogP contribution in [0.3, 0.4) is 0 Å². The second kappa shape index (κ2) is 6.66. The molecule has 0 aliphatic rings. The Morgan fingerprint density at radius 3 is 2.78 bits per heavy atom. The van der Waals surface area contributed by atoms with Gasteiger partial charge in [-0.25, -0.2) is 9.78 Å². The van der Waals surface area contributed by atoms with Gasteiger partial charge in [0.25, 0.3) is 0 Å². The first kappa shape index (κ1) is 15.3. The summed E-state index contributed by atoms with van der Waals surface area (Å²) in [5, 5.41) is 0. The minimum Gasteiger partial charge on any atom is -0.452 e. The number of oxazole rings is 1. The molecule has 0 fully saturated rings. The Hall–Kier alpha value is -2.60. The standard InChI is InChI=1S/C17H13BrN2O3/c18-12-6-7-14(19)13(8-12)17(21)22-10-16-20-9-15(23-16)11-4-2-1-3-5-11/h1-9H,10,19H2. The lowest BCUT2D eigenvalue weighted by atomic mass is 10.2. The van der Waals surface area contributed by atoms with Gasteiger partial charge in [-0.3, -0.25) is 0 Å². The second-order valence-corrected chi connectivity index (χ2v) is 5.71. The first-order valence-electron chi connectivity index (χ1n) is 6.86. The van der Waals surface area contributed by atoms with Crippen LogP contribution in [0.5, 0.6) is 0 Å². The molecule has 116 valence electrons. The summed E-state index contributed by atoms with van der Waals surface area (Å²) in [6.07, 6.45) is 1.60. The van der Waals surface area contributed by atoms with Crippen molar-refractivity contribution in [1.29, 1.82) is 0 Å². The average molecular weight is 373 g/mol. The Labute approximate surface area is 141 Å². The van der Waals surface area contributed by atoms with E-state index in [-0.39, 0.29) is 6.61 Å². The summed E-state index contributed by atoms with van der Waals surface area (Å²) in [5.74, 6) is 0.424. The Balaban J connectivity index is 1.68. The Morgan fingerprint density at radius 2 is 2.00 bits per heavy atom. The van der Waals surface area contributed by atoms with Crippen molar-refractivity contribution in [1.82, 2.24) is 4.98 Å². The zero-order valence-electron chi connectivity index (χ0n) is 12.0. The lowest BCUT2D eigenvalue weighted by Gasteiger charge is -2.05. The molecule has 3 rings (SSSR count). The van der Waals surface area contributed by atoms with E-state index in [4.69, 9.17) is 14.9 Å². The van der Waals surface area contributed by atoms with E-state index < -0.39 is 5.97 Å². The molecule has 0 aliphatic heterocycles. The van der Waals surface area contributed by atoms with Crippen LogP contribution in [0.25, 0.3) is 11.3 Å². The van der Waals surface area contributed by atoms with Crippen molar-refractivity contribution in [3.63, 3.8) is 0 Å². The van der Waals surface area contributed by atoms with Crippen molar-refractivity contribution < 1.29 is 13.9 Å². The molecule has 0 atom stereocenters. The predicted molar refractivity (Wildman–Crippen MR) is 89.6 cm³/mol. The van der Waals surface area contributed by atoms with Gasteiger partial charge in [0.05, 0.1) is 11.8 Å². The van der Waals surface area contributed by atoms with Crippen molar-refractivity contribution in [3.05, 3.63) is 70.7 Å². The van der Waals surface area contributed by atoms with Crippen LogP contribution in [0.1, 0.15) is 16.2 Å². The number of ether oxygens (including phenoxy) is 1. The maximum Gasteiger partial charge on any atom is 0.340 e. The first-order chi connectivity index (χ1) is 11.1. The average Bonchev–Trinajstić information content (AvgIpc) is 3.05. The number of carbonyl (C=O) groups is 1. The van der Waals surface area contributed by atoms with Gasteiger partial charge in [0, 0.05) is 15.7 Å². The topological polar surface area (TPSA) is 78.4 Å². The van der Waals surface area contributed by atoms with Crippen molar-refractivity contribution in [2.45, 2.75) is 6.61 Å². The Kier molecular flexibility index (Phi) is 4.43. The molecule has 0 spiro atoms. The smallest absolute Gasteiger partial charge is 0.340 e. The maximum atomic E-state index is 12.1. The Morgan fingerprint density at radius 1 is 1.22 bits per heavy atom. The van der Waals surface area contributed by atoms with E-state index >= 15 is 0 Å². The van der Waals surface area contributed by atoms with Gasteiger partial charge in [0.1, 0.15) is 0 Å². The van der Waals surface area contributed by atoms with Gasteiger partial charge in [-0.05, 0) is 18.2 Å². The van der Waals surface area contributed by atoms with Crippen molar-refractivity contribution in [2.75, 3.05) is 5.73 Å². The molecule has 1 heterocycles. The number of anilines is 1. The molecule has 2 N–H and O–H groups in total. The molecule has 0 saturated carbocycles. The van der Waals surface area contributed by atoms with Crippen LogP contribution in [0.2, 0.25) is 0 Å². The molecule has 0 amide bonds. The van der Waals surface area contributed by atoms with E-state index in [1.165, 1.54) is 0 Å². The van der Waals surface area contributed by atoms with E-state index in [2.05, 4.69) is 20.9 Å². The highest BCUT2D eigenvalue weighted by Crippen LogP contribution is 2.22. The summed E-state index contributed by atoms with van der Waals surface area (Å²) < 4.78 is 11.5. The van der Waals surface area contributed by atoms with E-state index in [1.54, 1.807) is 24.4 Å². The second-order valence-electron chi connectivity index (χ2n) is 4.79. The summed E-state index contributed by atoms with van der Waals surface area (Å²) in [7, 11) is 0. The van der Waals surface area contributed by atoms with Gasteiger partial charge < -0.3 is 14.9 Å². The molecule has 5 nitrogen and oxygen atoms in total. The van der Waals surface area contributed by atoms with E-state index in [0.29, 0.717) is 22.9 Å². The number of nitrogen functional groups attached to an aromatic ring is 1. The number of esters is 1. The number of rotatable bonds is 4. The third kappa shape index (κ3) is 3.60. The van der Waals surface area contributed by atoms with Gasteiger partial charge in [0.2, 0.25) is 5.89 Å². The highest BCUT2D eigenvalue weighted by atomic mass is 79.9. The SMILES string of the molecule is Nc1ccc(Br)cc1C(=O)OCc1ncc(-c2ccccc2)o1. The fourth-order valence-corrected chi connectivity index (χ4v) is 2.38. The van der Waals surface area contributed by atoms with Gasteiger partial charge in [-0.15, -0.1) is 0 Å². The summed E-state index contributed by atoms with van der Waals surface area (Å²) in [5.41, 5.74) is 7.35. The molecule has 2 aromatic carbocycles. The fourth-order valence-electron chi connectivity index (χ4n) is 2.02. The quantitative estimate of drug-likeness (QED) is 0.552. The van der Waals surface area contributed by atoms with Gasteiger partial charge in [-0.2, -0.15) is 0 Å². The summed E-state index contributed by atoms with van der Waals surface area (Å²) in [4.78, 5) is 16.2. The Bertz CT molecular complexity index is 831. The van der Waals surface area contributed by atoms with E-state index in [9.17, 15) is 4.79 Å². The fraction of sp³-hybridized carbons (Fsp3) is 0.0588. The number of benzene rings is 2. The lowest BCUT2D eigenvalue weighted by molar-refractivity contribution is 0.0440. The molecule has 1 aromatic heterocycles. The number of hydrogen-bond acceptors (Lipinski definition) is 5. The zero-order chi connectivity index (χ0) is 16.2. The van der Waals surface area contributed by atoms with Crippen LogP contribution in [0.4, 0.5) is 5.69 Å². The van der Waals surface area contributed by atoms with Gasteiger partial charge >= 0.3 is 5.97 Å². The molecule has 6 heteroatoms. The predicted octanol–water partition coefficient (Wildman–Crippen LogP) is 4.04. The van der Waals surface area contributed by atoms with Crippen molar-refractivity contribution in [2.24, 2.45) is 0 Å². The molecule has 0 saturated heterocycles. The molecular formula is C17H13BrN2O3. The van der Waals surface area contributed by atoms with E-state index in [0.717, 1.165) is 10.0 Å².